The van der Waals surface area contributed by atoms with Gasteiger partial charge in [-0.3, -0.25) is 14.5 Å². The first kappa shape index (κ1) is 27.9. The van der Waals surface area contributed by atoms with Crippen LogP contribution < -0.4 is 5.32 Å². The molecule has 0 spiro atoms. The van der Waals surface area contributed by atoms with Crippen LogP contribution in [0.25, 0.3) is 0 Å². The molecule has 0 aromatic heterocycles. The molecular weight excluding hydrogens is 511 g/mol. The molecule has 2 unspecified atom stereocenters. The number of likely N-dealkylation sites (tertiary alicyclic amines) is 1. The first-order valence-electron chi connectivity index (χ1n) is 11.0. The maximum absolute atomic E-state index is 12.8. The molecule has 2 fully saturated rings. The molecule has 2 saturated heterocycles. The van der Waals surface area contributed by atoms with Crippen LogP contribution in [0.15, 0.2) is 4.99 Å². The molecule has 2 amide bonds. The fourth-order valence-electron chi connectivity index (χ4n) is 4.09. The number of hydrogen-bond acceptors (Lipinski definition) is 5. The number of rotatable bonds is 7. The number of piperazine rings is 1. The topological polar surface area (TPSA) is 80.7 Å². The van der Waals surface area contributed by atoms with Crippen molar-refractivity contribution in [3.8, 4) is 0 Å². The van der Waals surface area contributed by atoms with Crippen LogP contribution in [-0.4, -0.2) is 124 Å². The van der Waals surface area contributed by atoms with Crippen molar-refractivity contribution >= 4 is 41.8 Å². The van der Waals surface area contributed by atoms with Gasteiger partial charge in [-0.15, -0.1) is 24.0 Å². The molecular formula is C21H41IN6O3. The molecule has 0 aromatic rings. The van der Waals surface area contributed by atoms with Gasteiger partial charge in [-0.05, 0) is 18.3 Å². The van der Waals surface area contributed by atoms with Gasteiger partial charge in [-0.2, -0.15) is 0 Å². The minimum absolute atomic E-state index is 0. The van der Waals surface area contributed by atoms with E-state index in [1.165, 1.54) is 6.42 Å². The number of ether oxygens (including phenoxy) is 1. The van der Waals surface area contributed by atoms with E-state index in [4.69, 9.17) is 4.74 Å². The fraction of sp³-hybridized carbons (Fsp3) is 0.857. The van der Waals surface area contributed by atoms with Gasteiger partial charge in [0, 0.05) is 67.0 Å². The van der Waals surface area contributed by atoms with Crippen LogP contribution in [0.1, 0.15) is 20.3 Å². The van der Waals surface area contributed by atoms with Crippen molar-refractivity contribution in [3.05, 3.63) is 0 Å². The summed E-state index contributed by atoms with van der Waals surface area (Å²) in [7, 11) is 5.12. The number of aliphatic imine (C=N–C) groups is 1. The summed E-state index contributed by atoms with van der Waals surface area (Å²) < 4.78 is 5.12. The second-order valence-electron chi connectivity index (χ2n) is 8.86. The van der Waals surface area contributed by atoms with Gasteiger partial charge in [0.05, 0.1) is 13.2 Å². The van der Waals surface area contributed by atoms with Crippen LogP contribution in [0.2, 0.25) is 0 Å². The fourth-order valence-corrected chi connectivity index (χ4v) is 4.09. The largest absolute Gasteiger partial charge is 0.383 e. The summed E-state index contributed by atoms with van der Waals surface area (Å²) in [5.74, 6) is 2.10. The molecule has 0 aromatic carbocycles. The maximum Gasteiger partial charge on any atom is 0.243 e. The van der Waals surface area contributed by atoms with Crippen LogP contribution in [0.3, 0.4) is 0 Å². The third kappa shape index (κ3) is 9.48. The number of amides is 2. The number of piperidine rings is 1. The molecule has 0 bridgehead atoms. The summed E-state index contributed by atoms with van der Waals surface area (Å²) in [4.78, 5) is 37.2. The number of likely N-dealkylation sites (N-methyl/N-ethyl adjacent to an activating group) is 1. The Morgan fingerprint density at radius 3 is 2.23 bits per heavy atom. The third-order valence-electron chi connectivity index (χ3n) is 5.70. The normalized spacial score (nSPS) is 22.7. The highest BCUT2D eigenvalue weighted by atomic mass is 127. The van der Waals surface area contributed by atoms with Crippen LogP contribution >= 0.6 is 24.0 Å². The lowest BCUT2D eigenvalue weighted by atomic mass is 9.92. The minimum atomic E-state index is -0.0322. The zero-order valence-corrected chi connectivity index (χ0v) is 22.1. The van der Waals surface area contributed by atoms with Gasteiger partial charge in [-0.1, -0.05) is 13.8 Å². The van der Waals surface area contributed by atoms with Gasteiger partial charge in [0.15, 0.2) is 5.96 Å². The lowest BCUT2D eigenvalue weighted by molar-refractivity contribution is -0.135. The highest BCUT2D eigenvalue weighted by molar-refractivity contribution is 14.0. The quantitative estimate of drug-likeness (QED) is 0.213. The van der Waals surface area contributed by atoms with Crippen LogP contribution in [0, 0.1) is 11.8 Å². The molecule has 0 radical (unpaired) electrons. The van der Waals surface area contributed by atoms with Crippen molar-refractivity contribution < 1.29 is 14.3 Å². The van der Waals surface area contributed by atoms with Crippen LogP contribution in [0.5, 0.6) is 0 Å². The van der Waals surface area contributed by atoms with Crippen LogP contribution in [-0.2, 0) is 14.3 Å². The highest BCUT2D eigenvalue weighted by Crippen LogP contribution is 2.21. The predicted molar refractivity (Wildman–Crippen MR) is 134 cm³/mol. The number of nitrogens with zero attached hydrogens (tertiary/aromatic N) is 5. The Bertz CT molecular complexity index is 586. The molecule has 2 rings (SSSR count). The van der Waals surface area contributed by atoms with Gasteiger partial charge in [0.2, 0.25) is 11.8 Å². The Morgan fingerprint density at radius 1 is 1.06 bits per heavy atom. The Balaban J connectivity index is 0.00000480. The number of hydrogen-bond donors (Lipinski definition) is 1. The Labute approximate surface area is 204 Å². The van der Waals surface area contributed by atoms with E-state index in [0.717, 1.165) is 45.2 Å². The van der Waals surface area contributed by atoms with E-state index in [1.54, 1.807) is 26.1 Å². The van der Waals surface area contributed by atoms with Crippen molar-refractivity contribution in [2.75, 3.05) is 86.7 Å². The Kier molecular flexibility index (Phi) is 12.7. The highest BCUT2D eigenvalue weighted by Gasteiger charge is 2.28. The summed E-state index contributed by atoms with van der Waals surface area (Å²) in [5, 5.41) is 3.29. The van der Waals surface area contributed by atoms with Gasteiger partial charge < -0.3 is 24.8 Å². The van der Waals surface area contributed by atoms with Crippen molar-refractivity contribution in [1.82, 2.24) is 24.9 Å². The number of carbonyl (C=O) groups is 2. The van der Waals surface area contributed by atoms with Crippen molar-refractivity contribution in [3.63, 3.8) is 0 Å². The summed E-state index contributed by atoms with van der Waals surface area (Å²) in [6, 6.07) is 0. The second kappa shape index (κ2) is 14.1. The zero-order valence-electron chi connectivity index (χ0n) is 19.8. The standard InChI is InChI=1S/C21H40N6O3.HI/c1-17-12-18(2)15-27(14-17)20(29)16-25-7-9-26(10-8-25)21(22-6-11-30-5)23-13-19(28)24(3)4;/h17-18H,6-16H2,1-5H3,(H,22,23);1H. The van der Waals surface area contributed by atoms with Crippen molar-refractivity contribution in [1.29, 1.82) is 0 Å². The molecule has 2 aliphatic rings. The molecule has 2 aliphatic heterocycles. The molecule has 2 atom stereocenters. The van der Waals surface area contributed by atoms with Gasteiger partial charge in [-0.25, -0.2) is 4.99 Å². The van der Waals surface area contributed by atoms with Gasteiger partial charge in [0.25, 0.3) is 0 Å². The monoisotopic (exact) mass is 552 g/mol. The molecule has 180 valence electrons. The van der Waals surface area contributed by atoms with E-state index in [0.29, 0.717) is 31.5 Å². The maximum atomic E-state index is 12.8. The first-order chi connectivity index (χ1) is 14.3. The van der Waals surface area contributed by atoms with E-state index in [2.05, 4.69) is 34.0 Å². The van der Waals surface area contributed by atoms with Crippen molar-refractivity contribution in [2.24, 2.45) is 16.8 Å². The average Bonchev–Trinajstić information content (AvgIpc) is 2.70. The third-order valence-corrected chi connectivity index (χ3v) is 5.70. The predicted octanol–water partition coefficient (Wildman–Crippen LogP) is 0.407. The summed E-state index contributed by atoms with van der Waals surface area (Å²) in [6.07, 6.45) is 1.21. The van der Waals surface area contributed by atoms with E-state index in [-0.39, 0.29) is 42.3 Å². The first-order valence-corrected chi connectivity index (χ1v) is 11.0. The van der Waals surface area contributed by atoms with E-state index in [9.17, 15) is 9.59 Å². The van der Waals surface area contributed by atoms with Gasteiger partial charge in [0.1, 0.15) is 6.54 Å². The van der Waals surface area contributed by atoms with Gasteiger partial charge >= 0.3 is 0 Å². The smallest absolute Gasteiger partial charge is 0.243 e. The number of nitrogens with one attached hydrogen (secondary N) is 1. The Morgan fingerprint density at radius 2 is 1.68 bits per heavy atom. The molecule has 0 saturated carbocycles. The summed E-state index contributed by atoms with van der Waals surface area (Å²) >= 11 is 0. The minimum Gasteiger partial charge on any atom is -0.383 e. The number of halogens is 1. The van der Waals surface area contributed by atoms with E-state index < -0.39 is 0 Å². The number of carbonyl (C=O) groups excluding carboxylic acids is 2. The molecule has 9 nitrogen and oxygen atoms in total. The molecule has 10 heteroatoms. The van der Waals surface area contributed by atoms with E-state index >= 15 is 0 Å². The molecule has 2 heterocycles. The van der Waals surface area contributed by atoms with E-state index in [1.807, 2.05) is 4.90 Å². The molecule has 1 N–H and O–H groups in total. The lowest BCUT2D eigenvalue weighted by Crippen LogP contribution is -2.55. The SMILES string of the molecule is COCCNC(=NCC(=O)N(C)C)N1CCN(CC(=O)N2CC(C)CC(C)C2)CC1.I. The number of guanidine groups is 1. The lowest BCUT2D eigenvalue weighted by Gasteiger charge is -2.39. The molecule has 31 heavy (non-hydrogen) atoms. The van der Waals surface area contributed by atoms with Crippen LogP contribution in [0.4, 0.5) is 0 Å². The zero-order chi connectivity index (χ0) is 22.1. The Hall–Kier alpha value is -1.14. The summed E-state index contributed by atoms with van der Waals surface area (Å²) in [5.41, 5.74) is 0. The summed E-state index contributed by atoms with van der Waals surface area (Å²) in [6.45, 7) is 11.2. The average molecular weight is 553 g/mol. The number of methoxy groups -OCH3 is 1. The second-order valence-corrected chi connectivity index (χ2v) is 8.86. The van der Waals surface area contributed by atoms with Crippen molar-refractivity contribution in [2.45, 2.75) is 20.3 Å². The molecule has 0 aliphatic carbocycles.